The van der Waals surface area contributed by atoms with Crippen molar-refractivity contribution >= 4 is 38.6 Å². The third-order valence-corrected chi connectivity index (χ3v) is 18.3. The molecule has 0 atom stereocenters. The van der Waals surface area contributed by atoms with E-state index in [-0.39, 0.29) is 48.0 Å². The van der Waals surface area contributed by atoms with Gasteiger partial charge in [0.15, 0.2) is 11.6 Å². The number of Topliss-reactive ketones (excluding diaryl/α,β-unsaturated/α-hetero) is 2. The van der Waals surface area contributed by atoms with Gasteiger partial charge in [0.2, 0.25) is 16.6 Å². The summed E-state index contributed by atoms with van der Waals surface area (Å²) in [5, 5.41) is 0.885. The van der Waals surface area contributed by atoms with Crippen molar-refractivity contribution in [2.45, 2.75) is 62.2 Å². The number of quaternary nitrogens is 2. The molecule has 4 aromatic rings. The van der Waals surface area contributed by atoms with Crippen molar-refractivity contribution in [2.24, 2.45) is 0 Å². The third kappa shape index (κ3) is 14.3. The van der Waals surface area contributed by atoms with Crippen molar-refractivity contribution in [1.29, 1.82) is 0 Å². The van der Waals surface area contributed by atoms with Crippen LogP contribution in [-0.4, -0.2) is 77.1 Å². The predicted molar refractivity (Wildman–Crippen MR) is 208 cm³/mol. The van der Waals surface area contributed by atoms with Crippen LogP contribution in [0, 0.1) is 11.6 Å². The summed E-state index contributed by atoms with van der Waals surface area (Å²) in [6, 6.07) is 23.2. The van der Waals surface area contributed by atoms with Gasteiger partial charge in [-0.2, -0.15) is 26.3 Å². The van der Waals surface area contributed by atoms with Crippen molar-refractivity contribution in [3.63, 3.8) is 0 Å². The van der Waals surface area contributed by atoms with Gasteiger partial charge >= 0.3 is 12.4 Å². The first-order chi connectivity index (χ1) is 27.3. The van der Waals surface area contributed by atoms with Crippen LogP contribution in [0.2, 0.25) is 24.2 Å². The summed E-state index contributed by atoms with van der Waals surface area (Å²) in [5.74, 6) is -0.819. The first kappa shape index (κ1) is 50.9. The lowest BCUT2D eigenvalue weighted by atomic mass is 10.1. The molecule has 0 aliphatic carbocycles. The second-order valence-electron chi connectivity index (χ2n) is 15.3. The zero-order chi connectivity index (χ0) is 42.1. The summed E-state index contributed by atoms with van der Waals surface area (Å²) in [5.41, 5.74) is -0.451. The van der Waals surface area contributed by atoms with Gasteiger partial charge in [0.25, 0.3) is 0 Å². The third-order valence-electron chi connectivity index (χ3n) is 11.2. The Kier molecular flexibility index (Phi) is 18.7. The van der Waals surface area contributed by atoms with Crippen molar-refractivity contribution < 1.29 is 88.9 Å². The molecule has 18 heteroatoms. The van der Waals surface area contributed by atoms with Gasteiger partial charge in [-0.05, 0) is 71.0 Å². The number of ketones is 2. The first-order valence-electron chi connectivity index (χ1n) is 19.4. The first-order valence-corrected chi connectivity index (χ1v) is 24.1. The molecule has 6 rings (SSSR count). The van der Waals surface area contributed by atoms with Crippen LogP contribution in [0.3, 0.4) is 0 Å². The zero-order valence-electron chi connectivity index (χ0n) is 32.6. The van der Waals surface area contributed by atoms with Crippen molar-refractivity contribution in [3.05, 3.63) is 131 Å². The molecule has 6 nitrogen and oxygen atoms in total. The highest BCUT2D eigenvalue weighted by Gasteiger charge is 2.42. The van der Waals surface area contributed by atoms with E-state index < -0.39 is 40.1 Å². The lowest BCUT2D eigenvalue weighted by Gasteiger charge is -2.34. The fraction of sp³-hybridized carbons (Fsp3) is 0.381. The molecule has 0 amide bonds. The summed E-state index contributed by atoms with van der Waals surface area (Å²) in [4.78, 5) is 48.8. The highest BCUT2D eigenvalue weighted by molar-refractivity contribution is 6.86. The number of nitrogens with one attached hydrogen (secondary N) is 2. The van der Waals surface area contributed by atoms with Crippen LogP contribution in [-0.2, 0) is 12.4 Å². The van der Waals surface area contributed by atoms with Crippen LogP contribution in [0.15, 0.2) is 97.1 Å². The van der Waals surface area contributed by atoms with E-state index in [1.807, 2.05) is 0 Å². The number of rotatable bonds is 12. The molecule has 0 aromatic heterocycles. The topological polar surface area (TPSA) is 83.5 Å². The Morgan fingerprint density at radius 1 is 0.533 bits per heavy atom. The monoisotopic (exact) mass is 922 g/mol. The Morgan fingerprint density at radius 3 is 1.15 bits per heavy atom. The number of hydrogen-bond acceptors (Lipinski definition) is 4. The number of halogens is 10. The molecule has 2 heterocycles. The summed E-state index contributed by atoms with van der Waals surface area (Å²) in [6.07, 6.45) is -6.74. The van der Waals surface area contributed by atoms with E-state index in [1.54, 1.807) is 12.1 Å². The van der Waals surface area contributed by atoms with E-state index in [2.05, 4.69) is 0 Å². The molecular weight excluding hydrogens is 876 g/mol. The highest BCUT2D eigenvalue weighted by Crippen LogP contribution is 2.30. The standard InChI is InChI=1S/2C21H23F4NO2Si.2ClH/c2*22-18-8-6-16(7-9-18)20(27)5-2-10-26-11-13-29(28,14-12-26)19-4-1-3-17(15-19)21(23,24)25;;/h2*1,3-4,6-9,15,28H,2,5,10-14H2;2*1H. The fourth-order valence-corrected chi connectivity index (χ4v) is 14.0. The van der Waals surface area contributed by atoms with Crippen LogP contribution in [0.5, 0.6) is 0 Å². The minimum Gasteiger partial charge on any atom is -1.00 e. The molecule has 2 saturated heterocycles. The zero-order valence-corrected chi connectivity index (χ0v) is 36.1. The molecular formula is C42H48Cl2F8N2O4Si2. The number of alkyl halides is 6. The smallest absolute Gasteiger partial charge is 0.416 e. The Balaban J connectivity index is 0.000000310. The van der Waals surface area contributed by atoms with Crippen LogP contribution >= 0.6 is 0 Å². The van der Waals surface area contributed by atoms with Gasteiger partial charge < -0.3 is 44.2 Å². The molecule has 2 aliphatic heterocycles. The van der Waals surface area contributed by atoms with Gasteiger partial charge in [0.05, 0.1) is 50.4 Å². The normalized spacial score (nSPS) is 21.7. The van der Waals surface area contributed by atoms with Crippen molar-refractivity contribution in [1.82, 2.24) is 0 Å². The molecule has 328 valence electrons. The van der Waals surface area contributed by atoms with Gasteiger partial charge in [-0.3, -0.25) is 9.59 Å². The minimum absolute atomic E-state index is 0. The largest absolute Gasteiger partial charge is 1.00 e. The lowest BCUT2D eigenvalue weighted by molar-refractivity contribution is -0.898. The molecule has 4 aromatic carbocycles. The maximum absolute atomic E-state index is 13.0. The van der Waals surface area contributed by atoms with Crippen LogP contribution in [0.1, 0.15) is 57.5 Å². The van der Waals surface area contributed by atoms with E-state index in [1.165, 1.54) is 70.5 Å². The van der Waals surface area contributed by atoms with E-state index in [0.29, 0.717) is 97.5 Å². The average Bonchev–Trinajstić information content (AvgIpc) is 3.20. The predicted octanol–water partition coefficient (Wildman–Crippen LogP) is -0.890. The Hall–Kier alpha value is -3.49. The molecule has 0 saturated carbocycles. The molecule has 0 unspecified atom stereocenters. The summed E-state index contributed by atoms with van der Waals surface area (Å²) >= 11 is 0. The number of hydrogen-bond donors (Lipinski definition) is 4. The maximum atomic E-state index is 13.0. The van der Waals surface area contributed by atoms with E-state index in [4.69, 9.17) is 0 Å². The van der Waals surface area contributed by atoms with Gasteiger partial charge in [-0.25, -0.2) is 8.78 Å². The van der Waals surface area contributed by atoms with E-state index in [9.17, 15) is 54.3 Å². The minimum atomic E-state index is -4.41. The van der Waals surface area contributed by atoms with Crippen LogP contribution < -0.4 is 45.0 Å². The summed E-state index contributed by atoms with van der Waals surface area (Å²) in [7, 11) is -5.81. The second kappa shape index (κ2) is 22.0. The van der Waals surface area contributed by atoms with Gasteiger partial charge in [-0.15, -0.1) is 0 Å². The van der Waals surface area contributed by atoms with Crippen molar-refractivity contribution in [3.8, 4) is 0 Å². The molecule has 0 radical (unpaired) electrons. The summed E-state index contributed by atoms with van der Waals surface area (Å²) in [6.45, 7) is 4.26. The van der Waals surface area contributed by atoms with Crippen LogP contribution in [0.25, 0.3) is 0 Å². The van der Waals surface area contributed by atoms with Gasteiger partial charge in [0, 0.05) is 61.0 Å². The Bertz CT molecular complexity index is 1850. The Labute approximate surface area is 358 Å². The maximum Gasteiger partial charge on any atom is 0.416 e. The Morgan fingerprint density at radius 2 is 0.850 bits per heavy atom. The number of benzene rings is 4. The van der Waals surface area contributed by atoms with Crippen molar-refractivity contribution in [2.75, 3.05) is 39.3 Å². The number of carbonyl (C=O) groups is 2. The molecule has 0 bridgehead atoms. The quantitative estimate of drug-likeness (QED) is 0.0846. The van der Waals surface area contributed by atoms with E-state index >= 15 is 0 Å². The fourth-order valence-electron chi connectivity index (χ4n) is 7.64. The average molecular weight is 924 g/mol. The van der Waals surface area contributed by atoms with E-state index in [0.717, 1.165) is 37.4 Å². The molecule has 2 aliphatic rings. The molecule has 0 spiro atoms. The lowest BCUT2D eigenvalue weighted by Crippen LogP contribution is -3.13. The number of carbonyl (C=O) groups excluding carboxylic acids is 2. The molecule has 2 fully saturated rings. The SMILES string of the molecule is O=C(CCC[NH+]1CC[Si](O)(c2cccc(C(F)(F)F)c2)CC1)c1ccc(F)cc1.O=C(CCC[NH+]1CC[Si](O)(c2cccc(C(F)(F)F)c2)CC1)c1ccc(F)cc1.[Cl-].[Cl-]. The molecule has 60 heavy (non-hydrogen) atoms. The van der Waals surface area contributed by atoms with Gasteiger partial charge in [-0.1, -0.05) is 36.4 Å². The van der Waals surface area contributed by atoms with Crippen LogP contribution in [0.4, 0.5) is 35.1 Å². The second-order valence-corrected chi connectivity index (χ2v) is 22.6. The molecule has 4 N–H and O–H groups in total. The highest BCUT2D eigenvalue weighted by atomic mass is 35.5. The van der Waals surface area contributed by atoms with Gasteiger partial charge in [0.1, 0.15) is 11.6 Å². The summed E-state index contributed by atoms with van der Waals surface area (Å²) < 4.78 is 104.